The van der Waals surface area contributed by atoms with Gasteiger partial charge in [0, 0.05) is 18.7 Å². The summed E-state index contributed by atoms with van der Waals surface area (Å²) in [7, 11) is 0. The van der Waals surface area contributed by atoms with Gasteiger partial charge in [-0.25, -0.2) is 0 Å². The van der Waals surface area contributed by atoms with Crippen LogP contribution in [0.3, 0.4) is 0 Å². The van der Waals surface area contributed by atoms with Crippen LogP contribution < -0.4 is 0 Å². The Morgan fingerprint density at radius 3 is 2.47 bits per heavy atom. The van der Waals surface area contributed by atoms with Gasteiger partial charge >= 0.3 is 0 Å². The summed E-state index contributed by atoms with van der Waals surface area (Å²) in [5, 5.41) is 8.74. The molecule has 2 heterocycles. The van der Waals surface area contributed by atoms with E-state index in [-0.39, 0.29) is 5.78 Å². The molecule has 2 fully saturated rings. The number of morpholine rings is 1. The van der Waals surface area contributed by atoms with Crippen molar-refractivity contribution in [3.63, 3.8) is 0 Å². The second-order valence-electron chi connectivity index (χ2n) is 5.26. The van der Waals surface area contributed by atoms with Crippen LogP contribution in [0, 0.1) is 11.3 Å². The molecule has 4 nitrogen and oxygen atoms in total. The molecule has 2 aliphatic heterocycles. The predicted octanol–water partition coefficient (Wildman–Crippen LogP) is 1.60. The molecule has 2 atom stereocenters. The SMILES string of the molecule is N#Cc1ccc(C(=O)CN2CC3CCC(C2)O3)cc1. The van der Waals surface area contributed by atoms with Gasteiger partial charge in [-0.3, -0.25) is 9.69 Å². The first-order valence-electron chi connectivity index (χ1n) is 6.66. The first-order valence-corrected chi connectivity index (χ1v) is 6.66. The van der Waals surface area contributed by atoms with E-state index in [2.05, 4.69) is 11.0 Å². The van der Waals surface area contributed by atoms with E-state index in [4.69, 9.17) is 10.00 Å². The summed E-state index contributed by atoms with van der Waals surface area (Å²) in [6, 6.07) is 8.90. The largest absolute Gasteiger partial charge is 0.372 e. The fourth-order valence-electron chi connectivity index (χ4n) is 2.85. The van der Waals surface area contributed by atoms with Gasteiger partial charge in [-0.2, -0.15) is 5.26 Å². The Morgan fingerprint density at radius 1 is 1.26 bits per heavy atom. The standard InChI is InChI=1S/C15H16N2O2/c16-7-11-1-3-12(4-2-11)15(18)10-17-8-13-5-6-14(9-17)19-13/h1-4,13-14H,5-6,8-10H2. The van der Waals surface area contributed by atoms with Crippen LogP contribution in [0.4, 0.5) is 0 Å². The molecule has 98 valence electrons. The molecule has 0 N–H and O–H groups in total. The summed E-state index contributed by atoms with van der Waals surface area (Å²) in [5.41, 5.74) is 1.26. The number of hydrogen-bond acceptors (Lipinski definition) is 4. The summed E-state index contributed by atoms with van der Waals surface area (Å²) in [6.07, 6.45) is 2.86. The first-order chi connectivity index (χ1) is 9.24. The number of nitriles is 1. The molecule has 3 rings (SSSR count). The minimum atomic E-state index is 0.116. The number of Topliss-reactive ketones (excluding diaryl/α,β-unsaturated/α-hetero) is 1. The van der Waals surface area contributed by atoms with Crippen LogP contribution in [0.2, 0.25) is 0 Å². The van der Waals surface area contributed by atoms with Crippen molar-refractivity contribution in [3.05, 3.63) is 35.4 Å². The first kappa shape index (κ1) is 12.3. The van der Waals surface area contributed by atoms with Crippen LogP contribution in [0.15, 0.2) is 24.3 Å². The molecule has 2 bridgehead atoms. The lowest BCUT2D eigenvalue weighted by Crippen LogP contribution is -2.44. The zero-order chi connectivity index (χ0) is 13.2. The van der Waals surface area contributed by atoms with E-state index >= 15 is 0 Å². The van der Waals surface area contributed by atoms with Crippen molar-refractivity contribution in [2.75, 3.05) is 19.6 Å². The average Bonchev–Trinajstić information content (AvgIpc) is 2.78. The molecule has 2 unspecified atom stereocenters. The highest BCUT2D eigenvalue weighted by molar-refractivity contribution is 5.97. The number of likely N-dealkylation sites (tertiary alicyclic amines) is 1. The van der Waals surface area contributed by atoms with Crippen molar-refractivity contribution in [3.8, 4) is 6.07 Å². The molecule has 0 aliphatic carbocycles. The lowest BCUT2D eigenvalue weighted by molar-refractivity contribution is -0.0355. The Balaban J connectivity index is 1.63. The van der Waals surface area contributed by atoms with E-state index in [0.717, 1.165) is 25.9 Å². The Labute approximate surface area is 112 Å². The molecule has 0 radical (unpaired) electrons. The van der Waals surface area contributed by atoms with E-state index < -0.39 is 0 Å². The molecular formula is C15H16N2O2. The summed E-state index contributed by atoms with van der Waals surface area (Å²) < 4.78 is 5.76. The fraction of sp³-hybridized carbons (Fsp3) is 0.467. The number of fused-ring (bicyclic) bond motifs is 2. The van der Waals surface area contributed by atoms with E-state index in [1.54, 1.807) is 24.3 Å². The van der Waals surface area contributed by atoms with Crippen molar-refractivity contribution in [1.29, 1.82) is 5.26 Å². The third kappa shape index (κ3) is 2.67. The van der Waals surface area contributed by atoms with Gasteiger partial charge < -0.3 is 4.74 Å². The van der Waals surface area contributed by atoms with Crippen molar-refractivity contribution in [1.82, 2.24) is 4.90 Å². The molecule has 4 heteroatoms. The summed E-state index contributed by atoms with van der Waals surface area (Å²) in [4.78, 5) is 14.4. The second kappa shape index (κ2) is 5.12. The molecule has 2 saturated heterocycles. The normalized spacial score (nSPS) is 26.1. The number of nitrogens with zero attached hydrogens (tertiary/aromatic N) is 2. The third-order valence-corrected chi connectivity index (χ3v) is 3.82. The van der Waals surface area contributed by atoms with Gasteiger partial charge in [-0.15, -0.1) is 0 Å². The Bertz CT molecular complexity index is 506. The number of ether oxygens (including phenoxy) is 1. The van der Waals surface area contributed by atoms with Crippen molar-refractivity contribution in [2.24, 2.45) is 0 Å². The molecular weight excluding hydrogens is 240 g/mol. The highest BCUT2D eigenvalue weighted by Gasteiger charge is 2.34. The number of carbonyl (C=O) groups is 1. The third-order valence-electron chi connectivity index (χ3n) is 3.82. The maximum absolute atomic E-state index is 12.2. The van der Waals surface area contributed by atoms with Gasteiger partial charge in [0.2, 0.25) is 0 Å². The molecule has 1 aromatic carbocycles. The monoisotopic (exact) mass is 256 g/mol. The van der Waals surface area contributed by atoms with Gasteiger partial charge in [0.05, 0.1) is 30.4 Å². The lowest BCUT2D eigenvalue weighted by Gasteiger charge is -2.31. The average molecular weight is 256 g/mol. The molecule has 0 spiro atoms. The maximum atomic E-state index is 12.2. The minimum Gasteiger partial charge on any atom is -0.372 e. The molecule has 0 aromatic heterocycles. The van der Waals surface area contributed by atoms with Crippen LogP contribution in [0.5, 0.6) is 0 Å². The van der Waals surface area contributed by atoms with Gasteiger partial charge in [0.1, 0.15) is 0 Å². The van der Waals surface area contributed by atoms with Crippen LogP contribution in [-0.4, -0.2) is 42.5 Å². The van der Waals surface area contributed by atoms with Crippen molar-refractivity contribution < 1.29 is 9.53 Å². The highest BCUT2D eigenvalue weighted by Crippen LogP contribution is 2.26. The minimum absolute atomic E-state index is 0.116. The van der Waals surface area contributed by atoms with E-state index in [1.807, 2.05) is 0 Å². The summed E-state index contributed by atoms with van der Waals surface area (Å²) in [6.45, 7) is 2.17. The van der Waals surface area contributed by atoms with E-state index in [9.17, 15) is 4.79 Å². The smallest absolute Gasteiger partial charge is 0.176 e. The number of carbonyl (C=O) groups excluding carboxylic acids is 1. The number of rotatable bonds is 3. The molecule has 0 amide bonds. The van der Waals surface area contributed by atoms with Crippen molar-refractivity contribution >= 4 is 5.78 Å². The molecule has 2 aliphatic rings. The Kier molecular flexibility index (Phi) is 3.33. The topological polar surface area (TPSA) is 53.3 Å². The summed E-state index contributed by atoms with van der Waals surface area (Å²) >= 11 is 0. The zero-order valence-electron chi connectivity index (χ0n) is 10.7. The van der Waals surface area contributed by atoms with Crippen LogP contribution in [0.1, 0.15) is 28.8 Å². The van der Waals surface area contributed by atoms with Crippen LogP contribution in [0.25, 0.3) is 0 Å². The maximum Gasteiger partial charge on any atom is 0.176 e. The molecule has 19 heavy (non-hydrogen) atoms. The lowest BCUT2D eigenvalue weighted by atomic mass is 10.1. The van der Waals surface area contributed by atoms with Gasteiger partial charge in [0.15, 0.2) is 5.78 Å². The van der Waals surface area contributed by atoms with E-state index in [1.165, 1.54) is 0 Å². The number of ketones is 1. The molecule has 1 aromatic rings. The Morgan fingerprint density at radius 2 is 1.89 bits per heavy atom. The van der Waals surface area contributed by atoms with Gasteiger partial charge in [0.25, 0.3) is 0 Å². The van der Waals surface area contributed by atoms with E-state index in [0.29, 0.717) is 29.9 Å². The molecule has 0 saturated carbocycles. The van der Waals surface area contributed by atoms with Gasteiger partial charge in [-0.05, 0) is 25.0 Å². The predicted molar refractivity (Wildman–Crippen MR) is 69.8 cm³/mol. The highest BCUT2D eigenvalue weighted by atomic mass is 16.5. The van der Waals surface area contributed by atoms with Crippen molar-refractivity contribution in [2.45, 2.75) is 25.0 Å². The number of benzene rings is 1. The second-order valence-corrected chi connectivity index (χ2v) is 5.26. The van der Waals surface area contributed by atoms with Crippen LogP contribution >= 0.6 is 0 Å². The quantitative estimate of drug-likeness (QED) is 0.771. The Hall–Kier alpha value is -1.70. The fourth-order valence-corrected chi connectivity index (χ4v) is 2.85. The van der Waals surface area contributed by atoms with Gasteiger partial charge in [-0.1, -0.05) is 12.1 Å². The van der Waals surface area contributed by atoms with Crippen LogP contribution in [-0.2, 0) is 4.74 Å². The zero-order valence-corrected chi connectivity index (χ0v) is 10.7. The number of hydrogen-bond donors (Lipinski definition) is 0. The summed E-state index contributed by atoms with van der Waals surface area (Å²) in [5.74, 6) is 0.116.